The van der Waals surface area contributed by atoms with Gasteiger partial charge in [0.15, 0.2) is 0 Å². The van der Waals surface area contributed by atoms with Crippen molar-refractivity contribution in [3.8, 4) is 0 Å². The van der Waals surface area contributed by atoms with E-state index in [1.807, 2.05) is 0 Å². The summed E-state index contributed by atoms with van der Waals surface area (Å²) < 4.78 is 0. The average molecular weight is 242 g/mol. The van der Waals surface area contributed by atoms with E-state index in [0.717, 1.165) is 58.2 Å². The lowest BCUT2D eigenvalue weighted by atomic mass is 9.77. The van der Waals surface area contributed by atoms with Gasteiger partial charge in [0.2, 0.25) is 5.91 Å². The minimum atomic E-state index is -0.185. The lowest BCUT2D eigenvalue weighted by Crippen LogP contribution is -2.50. The topological polar surface area (TPSA) is 61.4 Å². The van der Waals surface area contributed by atoms with Gasteiger partial charge in [-0.3, -0.25) is 4.79 Å². The molecular formula is C13H26N2O2. The minimum Gasteiger partial charge on any atom is -0.396 e. The molecule has 0 aromatic heterocycles. The van der Waals surface area contributed by atoms with E-state index in [1.165, 1.54) is 0 Å². The fourth-order valence-electron chi connectivity index (χ4n) is 2.43. The predicted molar refractivity (Wildman–Crippen MR) is 68.8 cm³/mol. The van der Waals surface area contributed by atoms with Gasteiger partial charge in [-0.1, -0.05) is 6.92 Å². The summed E-state index contributed by atoms with van der Waals surface area (Å²) in [6.45, 7) is 4.92. The summed E-state index contributed by atoms with van der Waals surface area (Å²) in [6.07, 6.45) is 5.76. The molecule has 0 radical (unpaired) electrons. The number of hydrogen-bond donors (Lipinski definition) is 3. The monoisotopic (exact) mass is 242 g/mol. The van der Waals surface area contributed by atoms with Crippen LogP contribution in [0.15, 0.2) is 0 Å². The predicted octanol–water partition coefficient (Wildman–Crippen LogP) is 1.04. The van der Waals surface area contributed by atoms with Crippen LogP contribution in [0.1, 0.15) is 45.4 Å². The molecular weight excluding hydrogens is 216 g/mol. The zero-order chi connectivity index (χ0) is 12.6. The number of carbonyl (C=O) groups is 1. The van der Waals surface area contributed by atoms with Crippen molar-refractivity contribution >= 4 is 5.91 Å². The van der Waals surface area contributed by atoms with Gasteiger partial charge >= 0.3 is 0 Å². The van der Waals surface area contributed by atoms with Crippen molar-refractivity contribution in [2.75, 3.05) is 26.2 Å². The molecule has 100 valence electrons. The quantitative estimate of drug-likeness (QED) is 0.585. The molecule has 1 unspecified atom stereocenters. The number of amides is 1. The van der Waals surface area contributed by atoms with Gasteiger partial charge in [-0.2, -0.15) is 0 Å². The average Bonchev–Trinajstić information content (AvgIpc) is 2.39. The lowest BCUT2D eigenvalue weighted by Gasteiger charge is -2.35. The molecule has 1 amide bonds. The largest absolute Gasteiger partial charge is 0.396 e. The molecule has 4 nitrogen and oxygen atoms in total. The standard InChI is InChI=1S/C13H26N2O2/c1-2-13(7-6-8-14-11-13)12(17)15-9-4-3-5-10-16/h14,16H,2-11H2,1H3,(H,15,17). The van der Waals surface area contributed by atoms with E-state index in [-0.39, 0.29) is 17.9 Å². The summed E-state index contributed by atoms with van der Waals surface area (Å²) in [7, 11) is 0. The van der Waals surface area contributed by atoms with Crippen molar-refractivity contribution < 1.29 is 9.90 Å². The summed E-state index contributed by atoms with van der Waals surface area (Å²) in [5, 5.41) is 15.0. The van der Waals surface area contributed by atoms with Crippen LogP contribution in [0.25, 0.3) is 0 Å². The van der Waals surface area contributed by atoms with Crippen LogP contribution < -0.4 is 10.6 Å². The van der Waals surface area contributed by atoms with Gasteiger partial charge in [-0.15, -0.1) is 0 Å². The molecule has 0 spiro atoms. The summed E-state index contributed by atoms with van der Waals surface area (Å²) >= 11 is 0. The molecule has 1 atom stereocenters. The summed E-state index contributed by atoms with van der Waals surface area (Å²) in [4.78, 5) is 12.2. The SMILES string of the molecule is CCC1(C(=O)NCCCCCO)CCCNC1. The zero-order valence-corrected chi connectivity index (χ0v) is 10.9. The van der Waals surface area contributed by atoms with E-state index >= 15 is 0 Å². The molecule has 1 aliphatic rings. The maximum atomic E-state index is 12.2. The Kier molecular flexibility index (Phi) is 6.52. The number of aliphatic hydroxyl groups excluding tert-OH is 1. The van der Waals surface area contributed by atoms with Gasteiger partial charge in [0.1, 0.15) is 0 Å². The maximum absolute atomic E-state index is 12.2. The summed E-state index contributed by atoms with van der Waals surface area (Å²) in [6, 6.07) is 0. The lowest BCUT2D eigenvalue weighted by molar-refractivity contribution is -0.132. The van der Waals surface area contributed by atoms with Crippen molar-refractivity contribution in [2.24, 2.45) is 5.41 Å². The Morgan fingerprint density at radius 1 is 1.41 bits per heavy atom. The van der Waals surface area contributed by atoms with Gasteiger partial charge < -0.3 is 15.7 Å². The zero-order valence-electron chi connectivity index (χ0n) is 10.9. The number of unbranched alkanes of at least 4 members (excludes halogenated alkanes) is 2. The highest BCUT2D eigenvalue weighted by molar-refractivity contribution is 5.82. The van der Waals surface area contributed by atoms with Crippen LogP contribution in [0.5, 0.6) is 0 Å². The fraction of sp³-hybridized carbons (Fsp3) is 0.923. The first-order chi connectivity index (χ1) is 8.25. The van der Waals surface area contributed by atoms with E-state index in [1.54, 1.807) is 0 Å². The van der Waals surface area contributed by atoms with Crippen molar-refractivity contribution in [1.82, 2.24) is 10.6 Å². The number of hydrogen-bond acceptors (Lipinski definition) is 3. The van der Waals surface area contributed by atoms with Crippen molar-refractivity contribution in [3.63, 3.8) is 0 Å². The number of nitrogens with one attached hydrogen (secondary N) is 2. The molecule has 0 aliphatic carbocycles. The Hall–Kier alpha value is -0.610. The normalized spacial score (nSPS) is 24.6. The molecule has 0 saturated carbocycles. The number of aliphatic hydroxyl groups is 1. The van der Waals surface area contributed by atoms with Crippen LogP contribution in [-0.4, -0.2) is 37.3 Å². The number of rotatable bonds is 7. The Bertz CT molecular complexity index is 225. The molecule has 17 heavy (non-hydrogen) atoms. The molecule has 1 fully saturated rings. The van der Waals surface area contributed by atoms with E-state index in [2.05, 4.69) is 17.6 Å². The smallest absolute Gasteiger partial charge is 0.227 e. The second-order valence-corrected chi connectivity index (χ2v) is 4.95. The van der Waals surface area contributed by atoms with Crippen LogP contribution in [0.3, 0.4) is 0 Å². The van der Waals surface area contributed by atoms with Crippen molar-refractivity contribution in [3.05, 3.63) is 0 Å². The first-order valence-electron chi connectivity index (χ1n) is 6.85. The van der Waals surface area contributed by atoms with Gasteiger partial charge in [0, 0.05) is 19.7 Å². The van der Waals surface area contributed by atoms with Crippen LogP contribution in [0, 0.1) is 5.41 Å². The number of piperidine rings is 1. The third-order valence-electron chi connectivity index (χ3n) is 3.75. The van der Waals surface area contributed by atoms with Gasteiger partial charge in [-0.05, 0) is 45.1 Å². The minimum absolute atomic E-state index is 0.185. The first kappa shape index (κ1) is 14.5. The molecule has 1 saturated heterocycles. The maximum Gasteiger partial charge on any atom is 0.227 e. The van der Waals surface area contributed by atoms with Crippen LogP contribution >= 0.6 is 0 Å². The highest BCUT2D eigenvalue weighted by atomic mass is 16.2. The molecule has 4 heteroatoms. The second-order valence-electron chi connectivity index (χ2n) is 4.95. The van der Waals surface area contributed by atoms with E-state index in [0.29, 0.717) is 0 Å². The van der Waals surface area contributed by atoms with Crippen LogP contribution in [0.2, 0.25) is 0 Å². The van der Waals surface area contributed by atoms with E-state index in [9.17, 15) is 4.79 Å². The first-order valence-corrected chi connectivity index (χ1v) is 6.85. The molecule has 0 aromatic rings. The van der Waals surface area contributed by atoms with E-state index < -0.39 is 0 Å². The third-order valence-corrected chi connectivity index (χ3v) is 3.75. The molecule has 0 aromatic carbocycles. The Morgan fingerprint density at radius 3 is 2.82 bits per heavy atom. The highest BCUT2D eigenvalue weighted by Crippen LogP contribution is 2.30. The second kappa shape index (κ2) is 7.67. The third kappa shape index (κ3) is 4.28. The van der Waals surface area contributed by atoms with E-state index in [4.69, 9.17) is 5.11 Å². The Balaban J connectivity index is 2.28. The van der Waals surface area contributed by atoms with Crippen LogP contribution in [-0.2, 0) is 4.79 Å². The van der Waals surface area contributed by atoms with Crippen LogP contribution in [0.4, 0.5) is 0 Å². The molecule has 1 heterocycles. The molecule has 1 rings (SSSR count). The molecule has 1 aliphatic heterocycles. The Morgan fingerprint density at radius 2 is 2.24 bits per heavy atom. The Labute approximate surface area is 104 Å². The highest BCUT2D eigenvalue weighted by Gasteiger charge is 2.37. The van der Waals surface area contributed by atoms with Gasteiger partial charge in [0.05, 0.1) is 5.41 Å². The molecule has 3 N–H and O–H groups in total. The number of carbonyl (C=O) groups excluding carboxylic acids is 1. The van der Waals surface area contributed by atoms with Gasteiger partial charge in [-0.25, -0.2) is 0 Å². The van der Waals surface area contributed by atoms with Gasteiger partial charge in [0.25, 0.3) is 0 Å². The molecule has 0 bridgehead atoms. The summed E-state index contributed by atoms with van der Waals surface area (Å²) in [5.41, 5.74) is -0.185. The van der Waals surface area contributed by atoms with Crippen molar-refractivity contribution in [2.45, 2.75) is 45.4 Å². The fourth-order valence-corrected chi connectivity index (χ4v) is 2.43. The van der Waals surface area contributed by atoms with Crippen molar-refractivity contribution in [1.29, 1.82) is 0 Å². The summed E-state index contributed by atoms with van der Waals surface area (Å²) in [5.74, 6) is 0.205.